The smallest absolute Gasteiger partial charge is 0.0926 e. The maximum Gasteiger partial charge on any atom is 0.159 e. The quantitative estimate of drug-likeness (QED) is 0.350. The largest absolute Gasteiger partial charge is 0.159 e. The van der Waals surface area contributed by atoms with Crippen LogP contribution in [0.15, 0.2) is 12.2 Å². The van der Waals surface area contributed by atoms with Crippen LogP contribution in [0.5, 0.6) is 0 Å². The zero-order valence-electron chi connectivity index (χ0n) is 19.0. The zero-order chi connectivity index (χ0) is 19.2. The number of allylic oxidation sites excluding steroid dienone is 2. The van der Waals surface area contributed by atoms with Crippen molar-refractivity contribution in [2.75, 3.05) is 0 Å². The van der Waals surface area contributed by atoms with Gasteiger partial charge in [0.25, 0.3) is 0 Å². The van der Waals surface area contributed by atoms with Gasteiger partial charge in [0.15, 0.2) is 6.71 Å². The maximum atomic E-state index is 2.74. The molecule has 0 heterocycles. The lowest BCUT2D eigenvalue weighted by atomic mass is 9.11. The molecule has 0 aromatic carbocycles. The molecule has 7 aliphatic rings. The standard InChI is InChI=1S/C26H43B/c1-23(2)18-12-19(23)15-25(5,14-18)27(22-10-8-7-9-11-22)26(6)16-20-13-21(17-26)24(20,3)4/h8,10,18-22H,7,9,11-17H2,1-6H3/t18-,19-,20-,21-,22?/m1/s1. The van der Waals surface area contributed by atoms with E-state index >= 15 is 0 Å². The van der Waals surface area contributed by atoms with Crippen molar-refractivity contribution < 1.29 is 0 Å². The highest BCUT2D eigenvalue weighted by atomic mass is 14.6. The van der Waals surface area contributed by atoms with Gasteiger partial charge in [-0.05, 0) is 66.0 Å². The third kappa shape index (κ3) is 2.54. The summed E-state index contributed by atoms with van der Waals surface area (Å²) in [6.07, 6.45) is 18.6. The van der Waals surface area contributed by atoms with Gasteiger partial charge in [-0.1, -0.05) is 96.4 Å². The molecule has 0 aromatic rings. The fraction of sp³-hybridized carbons (Fsp3) is 0.923. The van der Waals surface area contributed by atoms with Crippen LogP contribution in [-0.2, 0) is 0 Å². The number of hydrogen-bond acceptors (Lipinski definition) is 0. The third-order valence-electron chi connectivity index (χ3n) is 11.4. The molecule has 1 unspecified atom stereocenters. The van der Waals surface area contributed by atoms with E-state index in [2.05, 4.69) is 53.7 Å². The Balaban J connectivity index is 1.48. The van der Waals surface area contributed by atoms with Gasteiger partial charge in [-0.2, -0.15) is 0 Å². The Morgan fingerprint density at radius 3 is 1.48 bits per heavy atom. The average Bonchev–Trinajstić information content (AvgIpc) is 2.62. The first-order chi connectivity index (χ1) is 12.6. The molecule has 6 fully saturated rings. The topological polar surface area (TPSA) is 0 Å². The number of rotatable bonds is 3. The van der Waals surface area contributed by atoms with Crippen LogP contribution in [-0.4, -0.2) is 6.71 Å². The molecule has 0 saturated heterocycles. The van der Waals surface area contributed by atoms with Crippen molar-refractivity contribution in [3.8, 4) is 0 Å². The summed E-state index contributed by atoms with van der Waals surface area (Å²) in [6.45, 7) is 16.7. The molecule has 0 N–H and O–H groups in total. The van der Waals surface area contributed by atoms with Gasteiger partial charge in [0.05, 0.1) is 0 Å². The minimum atomic E-state index is 0.581. The van der Waals surface area contributed by atoms with Crippen LogP contribution in [0.3, 0.4) is 0 Å². The van der Waals surface area contributed by atoms with E-state index in [1.165, 1.54) is 57.8 Å². The van der Waals surface area contributed by atoms with Crippen LogP contribution in [0.2, 0.25) is 16.4 Å². The number of hydrogen-bond donors (Lipinski definition) is 0. The Bertz CT molecular complexity index is 569. The zero-order valence-corrected chi connectivity index (χ0v) is 19.0. The molecule has 6 saturated carbocycles. The normalized spacial score (nSPS) is 51.9. The second kappa shape index (κ2) is 5.69. The maximum absolute atomic E-state index is 2.74. The minimum absolute atomic E-state index is 0.581. The first-order valence-corrected chi connectivity index (χ1v) is 12.2. The SMILES string of the molecule is CC1(B(C2C=CCCC2)C2(C)C[C@H]3C[C@H](C2)C3(C)C)C[C@H]2C[C@H](C1)C2(C)C. The highest BCUT2D eigenvalue weighted by molar-refractivity contribution is 6.67. The molecule has 150 valence electrons. The van der Waals surface area contributed by atoms with Gasteiger partial charge >= 0.3 is 0 Å². The highest BCUT2D eigenvalue weighted by Crippen LogP contribution is 2.75. The molecule has 4 bridgehead atoms. The van der Waals surface area contributed by atoms with Crippen LogP contribution in [0.1, 0.15) is 99.3 Å². The van der Waals surface area contributed by atoms with E-state index < -0.39 is 0 Å². The Kier molecular flexibility index (Phi) is 3.97. The van der Waals surface area contributed by atoms with Crippen molar-refractivity contribution in [2.24, 2.45) is 34.5 Å². The average molecular weight is 366 g/mol. The van der Waals surface area contributed by atoms with Crippen LogP contribution in [0.4, 0.5) is 0 Å². The summed E-state index contributed by atoms with van der Waals surface area (Å²) in [6, 6.07) is 0. The Hall–Kier alpha value is -0.195. The van der Waals surface area contributed by atoms with Gasteiger partial charge in [0.2, 0.25) is 0 Å². The first-order valence-electron chi connectivity index (χ1n) is 12.2. The molecular weight excluding hydrogens is 323 g/mol. The molecule has 0 radical (unpaired) electrons. The molecule has 5 atom stereocenters. The molecule has 0 nitrogen and oxygen atoms in total. The Labute approximate surface area is 169 Å². The fourth-order valence-corrected chi connectivity index (χ4v) is 9.55. The van der Waals surface area contributed by atoms with Gasteiger partial charge in [-0.3, -0.25) is 0 Å². The molecular formula is C26H43B. The van der Waals surface area contributed by atoms with Gasteiger partial charge in [-0.15, -0.1) is 0 Å². The summed E-state index contributed by atoms with van der Waals surface area (Å²) in [5, 5.41) is 1.16. The molecule has 1 heteroatoms. The summed E-state index contributed by atoms with van der Waals surface area (Å²) >= 11 is 0. The molecule has 0 aromatic heterocycles. The van der Waals surface area contributed by atoms with Crippen LogP contribution >= 0.6 is 0 Å². The molecule has 27 heavy (non-hydrogen) atoms. The lowest BCUT2D eigenvalue weighted by Gasteiger charge is -2.69. The minimum Gasteiger partial charge on any atom is -0.0926 e. The van der Waals surface area contributed by atoms with Gasteiger partial charge in [0, 0.05) is 0 Å². The van der Waals surface area contributed by atoms with Gasteiger partial charge in [0.1, 0.15) is 0 Å². The van der Waals surface area contributed by atoms with E-state index in [1.807, 2.05) is 0 Å². The number of fused-ring (bicyclic) bond motifs is 4. The second-order valence-corrected chi connectivity index (χ2v) is 13.5. The van der Waals surface area contributed by atoms with Crippen molar-refractivity contribution in [3.63, 3.8) is 0 Å². The van der Waals surface area contributed by atoms with Gasteiger partial charge < -0.3 is 0 Å². The van der Waals surface area contributed by atoms with E-state index in [0.29, 0.717) is 21.5 Å². The van der Waals surface area contributed by atoms with E-state index in [1.54, 1.807) is 0 Å². The predicted octanol–water partition coefficient (Wildman–Crippen LogP) is 8.02. The lowest BCUT2D eigenvalue weighted by Crippen LogP contribution is -2.61. The molecule has 0 aliphatic heterocycles. The van der Waals surface area contributed by atoms with Crippen LogP contribution in [0, 0.1) is 34.5 Å². The molecule has 7 rings (SSSR count). The van der Waals surface area contributed by atoms with Crippen molar-refractivity contribution in [1.82, 2.24) is 0 Å². The van der Waals surface area contributed by atoms with Crippen molar-refractivity contribution in [3.05, 3.63) is 12.2 Å². The van der Waals surface area contributed by atoms with Crippen molar-refractivity contribution >= 4 is 6.71 Å². The summed E-state index contributed by atoms with van der Waals surface area (Å²) in [5.74, 6) is 4.84. The summed E-state index contributed by atoms with van der Waals surface area (Å²) in [4.78, 5) is 0. The van der Waals surface area contributed by atoms with E-state index in [4.69, 9.17) is 0 Å². The van der Waals surface area contributed by atoms with E-state index in [0.717, 1.165) is 36.2 Å². The van der Waals surface area contributed by atoms with Gasteiger partial charge in [-0.25, -0.2) is 0 Å². The molecule has 0 spiro atoms. The van der Waals surface area contributed by atoms with Crippen molar-refractivity contribution in [1.29, 1.82) is 0 Å². The lowest BCUT2D eigenvalue weighted by molar-refractivity contribution is -0.0932. The van der Waals surface area contributed by atoms with Crippen molar-refractivity contribution in [2.45, 2.75) is 116 Å². The monoisotopic (exact) mass is 366 g/mol. The Morgan fingerprint density at radius 1 is 0.704 bits per heavy atom. The summed E-state index contributed by atoms with van der Waals surface area (Å²) in [5.41, 5.74) is 1.26. The van der Waals surface area contributed by atoms with E-state index in [-0.39, 0.29) is 0 Å². The third-order valence-corrected chi connectivity index (χ3v) is 11.4. The Morgan fingerprint density at radius 2 is 1.15 bits per heavy atom. The van der Waals surface area contributed by atoms with E-state index in [9.17, 15) is 0 Å². The molecule has 0 amide bonds. The van der Waals surface area contributed by atoms with Crippen LogP contribution in [0.25, 0.3) is 0 Å². The second-order valence-electron chi connectivity index (χ2n) is 13.5. The summed E-state index contributed by atoms with van der Waals surface area (Å²) < 4.78 is 0. The fourth-order valence-electron chi connectivity index (χ4n) is 9.55. The highest BCUT2D eigenvalue weighted by Gasteiger charge is 2.65. The summed E-state index contributed by atoms with van der Waals surface area (Å²) in [7, 11) is 0. The van der Waals surface area contributed by atoms with Crippen LogP contribution < -0.4 is 0 Å². The predicted molar refractivity (Wildman–Crippen MR) is 118 cm³/mol. The molecule has 7 aliphatic carbocycles. The first kappa shape index (κ1) is 18.8.